The molecule has 1 spiro atoms. The standard InChI is InChI=1S/C18H27NO4.ClH/c1-14-15(18(23-16(14)20)8-4-2-5-9-18)17(21)22-13-12-19-10-6-3-7-11-19;/h2-13H2,1H3;1H. The predicted octanol–water partition coefficient (Wildman–Crippen LogP) is 3.01. The van der Waals surface area contributed by atoms with Crippen molar-refractivity contribution in [3.63, 3.8) is 0 Å². The molecule has 0 atom stereocenters. The topological polar surface area (TPSA) is 55.8 Å². The van der Waals surface area contributed by atoms with Gasteiger partial charge in [0.15, 0.2) is 0 Å². The van der Waals surface area contributed by atoms with E-state index in [2.05, 4.69) is 4.90 Å². The lowest BCUT2D eigenvalue weighted by atomic mass is 9.79. The molecule has 0 aromatic rings. The van der Waals surface area contributed by atoms with E-state index < -0.39 is 5.60 Å². The number of ether oxygens (including phenoxy) is 2. The van der Waals surface area contributed by atoms with Crippen molar-refractivity contribution in [3.05, 3.63) is 11.1 Å². The van der Waals surface area contributed by atoms with Gasteiger partial charge in [-0.3, -0.25) is 4.90 Å². The Kier molecular flexibility index (Phi) is 6.70. The molecule has 1 saturated heterocycles. The molecule has 2 heterocycles. The first-order valence-electron chi connectivity index (χ1n) is 8.97. The van der Waals surface area contributed by atoms with Crippen LogP contribution in [-0.4, -0.2) is 48.7 Å². The second-order valence-electron chi connectivity index (χ2n) is 6.98. The lowest BCUT2D eigenvalue weighted by Crippen LogP contribution is -2.38. The van der Waals surface area contributed by atoms with E-state index >= 15 is 0 Å². The minimum atomic E-state index is -0.707. The Morgan fingerprint density at radius 3 is 2.42 bits per heavy atom. The molecule has 24 heavy (non-hydrogen) atoms. The fourth-order valence-electron chi connectivity index (χ4n) is 4.09. The van der Waals surface area contributed by atoms with Gasteiger partial charge in [0.1, 0.15) is 12.2 Å². The Labute approximate surface area is 150 Å². The molecule has 0 unspecified atom stereocenters. The van der Waals surface area contributed by atoms with Gasteiger partial charge in [-0.1, -0.05) is 12.8 Å². The molecule has 6 heteroatoms. The Hall–Kier alpha value is -1.07. The summed E-state index contributed by atoms with van der Waals surface area (Å²) >= 11 is 0. The van der Waals surface area contributed by atoms with Crippen LogP contribution < -0.4 is 0 Å². The summed E-state index contributed by atoms with van der Waals surface area (Å²) < 4.78 is 11.1. The zero-order chi connectivity index (χ0) is 16.3. The number of rotatable bonds is 4. The average molecular weight is 358 g/mol. The molecular weight excluding hydrogens is 330 g/mol. The number of carbonyl (C=O) groups excluding carboxylic acids is 2. The van der Waals surface area contributed by atoms with Crippen LogP contribution in [0, 0.1) is 0 Å². The summed E-state index contributed by atoms with van der Waals surface area (Å²) in [5.74, 6) is -0.706. The van der Waals surface area contributed by atoms with E-state index in [-0.39, 0.29) is 24.3 Å². The number of esters is 2. The molecule has 0 aromatic carbocycles. The van der Waals surface area contributed by atoms with Crippen molar-refractivity contribution in [1.82, 2.24) is 4.90 Å². The fraction of sp³-hybridized carbons (Fsp3) is 0.778. The SMILES string of the molecule is CC1=C(C(=O)OCCN2CCCCC2)C2(CCCCC2)OC1=O.Cl. The van der Waals surface area contributed by atoms with Crippen molar-refractivity contribution in [2.75, 3.05) is 26.2 Å². The lowest BCUT2D eigenvalue weighted by molar-refractivity contribution is -0.152. The number of nitrogens with zero attached hydrogens (tertiary/aromatic N) is 1. The summed E-state index contributed by atoms with van der Waals surface area (Å²) in [5, 5.41) is 0. The zero-order valence-corrected chi connectivity index (χ0v) is 15.3. The van der Waals surface area contributed by atoms with Crippen molar-refractivity contribution >= 4 is 24.3 Å². The first kappa shape index (κ1) is 19.3. The third kappa shape index (κ3) is 3.94. The summed E-state index contributed by atoms with van der Waals surface area (Å²) in [4.78, 5) is 26.9. The summed E-state index contributed by atoms with van der Waals surface area (Å²) in [7, 11) is 0. The Balaban J connectivity index is 0.00000208. The molecule has 0 aromatic heterocycles. The summed E-state index contributed by atoms with van der Waals surface area (Å²) in [6, 6.07) is 0. The van der Waals surface area contributed by atoms with Gasteiger partial charge in [-0.25, -0.2) is 9.59 Å². The van der Waals surface area contributed by atoms with Crippen LogP contribution >= 0.6 is 12.4 Å². The smallest absolute Gasteiger partial charge is 0.338 e. The van der Waals surface area contributed by atoms with Crippen LogP contribution in [0.2, 0.25) is 0 Å². The van der Waals surface area contributed by atoms with Gasteiger partial charge < -0.3 is 9.47 Å². The summed E-state index contributed by atoms with van der Waals surface area (Å²) in [5.41, 5.74) is 0.220. The van der Waals surface area contributed by atoms with Gasteiger partial charge >= 0.3 is 11.9 Å². The Morgan fingerprint density at radius 2 is 1.75 bits per heavy atom. The summed E-state index contributed by atoms with van der Waals surface area (Å²) in [6.45, 7) is 5.03. The molecule has 0 bridgehead atoms. The monoisotopic (exact) mass is 357 g/mol. The lowest BCUT2D eigenvalue weighted by Gasteiger charge is -2.33. The van der Waals surface area contributed by atoms with Crippen LogP contribution in [0.25, 0.3) is 0 Å². The van der Waals surface area contributed by atoms with E-state index in [4.69, 9.17) is 9.47 Å². The Bertz CT molecular complexity index is 505. The van der Waals surface area contributed by atoms with Crippen LogP contribution in [0.1, 0.15) is 58.3 Å². The molecule has 0 radical (unpaired) electrons. The third-order valence-corrected chi connectivity index (χ3v) is 5.38. The molecule has 0 N–H and O–H groups in total. The first-order valence-corrected chi connectivity index (χ1v) is 8.97. The van der Waals surface area contributed by atoms with Crippen LogP contribution in [-0.2, 0) is 19.1 Å². The zero-order valence-electron chi connectivity index (χ0n) is 14.5. The molecule has 2 fully saturated rings. The highest BCUT2D eigenvalue weighted by atomic mass is 35.5. The van der Waals surface area contributed by atoms with Gasteiger partial charge in [0.2, 0.25) is 0 Å². The second kappa shape index (κ2) is 8.34. The molecule has 1 aliphatic carbocycles. The maximum Gasteiger partial charge on any atom is 0.338 e. The van der Waals surface area contributed by atoms with E-state index in [1.807, 2.05) is 0 Å². The molecule has 0 amide bonds. The van der Waals surface area contributed by atoms with Gasteiger partial charge in [-0.15, -0.1) is 12.4 Å². The molecule has 5 nitrogen and oxygen atoms in total. The van der Waals surface area contributed by atoms with Crippen molar-refractivity contribution < 1.29 is 19.1 Å². The number of hydrogen-bond donors (Lipinski definition) is 0. The van der Waals surface area contributed by atoms with Gasteiger partial charge in [-0.05, 0) is 58.5 Å². The first-order chi connectivity index (χ1) is 11.1. The third-order valence-electron chi connectivity index (χ3n) is 5.38. The van der Waals surface area contributed by atoms with E-state index in [9.17, 15) is 9.59 Å². The molecular formula is C18H28ClNO4. The highest BCUT2D eigenvalue weighted by Gasteiger charge is 2.50. The fourth-order valence-corrected chi connectivity index (χ4v) is 4.09. The number of piperidine rings is 1. The maximum atomic E-state index is 12.6. The number of carbonyl (C=O) groups is 2. The number of likely N-dealkylation sites (tertiary alicyclic amines) is 1. The van der Waals surface area contributed by atoms with E-state index in [1.54, 1.807) is 6.92 Å². The van der Waals surface area contributed by atoms with E-state index in [0.717, 1.165) is 51.7 Å². The van der Waals surface area contributed by atoms with Gasteiger partial charge in [-0.2, -0.15) is 0 Å². The highest BCUT2D eigenvalue weighted by Crippen LogP contribution is 2.44. The van der Waals surface area contributed by atoms with Crippen molar-refractivity contribution in [3.8, 4) is 0 Å². The van der Waals surface area contributed by atoms with Crippen molar-refractivity contribution in [2.24, 2.45) is 0 Å². The molecule has 1 saturated carbocycles. The minimum Gasteiger partial charge on any atom is -0.461 e. The number of hydrogen-bond acceptors (Lipinski definition) is 5. The second-order valence-corrected chi connectivity index (χ2v) is 6.98. The van der Waals surface area contributed by atoms with E-state index in [0.29, 0.717) is 17.8 Å². The van der Waals surface area contributed by atoms with Crippen LogP contribution in [0.4, 0.5) is 0 Å². The molecule has 3 rings (SSSR count). The maximum absolute atomic E-state index is 12.6. The van der Waals surface area contributed by atoms with Gasteiger partial charge in [0, 0.05) is 12.1 Å². The minimum absolute atomic E-state index is 0. The van der Waals surface area contributed by atoms with Gasteiger partial charge in [0.25, 0.3) is 0 Å². The van der Waals surface area contributed by atoms with E-state index in [1.165, 1.54) is 19.3 Å². The van der Waals surface area contributed by atoms with Crippen molar-refractivity contribution in [1.29, 1.82) is 0 Å². The average Bonchev–Trinajstić information content (AvgIpc) is 2.79. The molecule has 3 aliphatic rings. The normalized spacial score (nSPS) is 23.8. The van der Waals surface area contributed by atoms with Gasteiger partial charge in [0.05, 0.1) is 5.57 Å². The molecule has 136 valence electrons. The molecule has 2 aliphatic heterocycles. The Morgan fingerprint density at radius 1 is 1.12 bits per heavy atom. The summed E-state index contributed by atoms with van der Waals surface area (Å²) in [6.07, 6.45) is 8.35. The van der Waals surface area contributed by atoms with Crippen LogP contribution in [0.5, 0.6) is 0 Å². The van der Waals surface area contributed by atoms with Crippen molar-refractivity contribution in [2.45, 2.75) is 63.9 Å². The largest absolute Gasteiger partial charge is 0.461 e. The highest BCUT2D eigenvalue weighted by molar-refractivity contribution is 6.05. The number of halogens is 1. The van der Waals surface area contributed by atoms with Crippen LogP contribution in [0.15, 0.2) is 11.1 Å². The quantitative estimate of drug-likeness (QED) is 0.724. The predicted molar refractivity (Wildman–Crippen MR) is 93.1 cm³/mol. The van der Waals surface area contributed by atoms with Crippen LogP contribution in [0.3, 0.4) is 0 Å².